The average Bonchev–Trinajstić information content (AvgIpc) is 3.35. The fraction of sp³-hybridized carbons (Fsp3) is 0.238. The second-order valence-corrected chi connectivity index (χ2v) is 8.00. The number of rotatable bonds is 7. The van der Waals surface area contributed by atoms with Crippen LogP contribution in [0.2, 0.25) is 0 Å². The average molecular weight is 425 g/mol. The van der Waals surface area contributed by atoms with Crippen molar-refractivity contribution < 1.29 is 9.18 Å². The maximum Gasteiger partial charge on any atom is 0.230 e. The number of benzene rings is 2. The van der Waals surface area contributed by atoms with Gasteiger partial charge in [-0.15, -0.1) is 5.10 Å². The molecule has 2 aromatic carbocycles. The molecule has 0 saturated carbocycles. The highest BCUT2D eigenvalue weighted by molar-refractivity contribution is 7.99. The fourth-order valence-corrected chi connectivity index (χ4v) is 3.96. The molecular formula is C21H21FN6OS. The maximum absolute atomic E-state index is 13.5. The molecule has 2 N–H and O–H groups in total. The summed E-state index contributed by atoms with van der Waals surface area (Å²) in [7, 11) is 0. The highest BCUT2D eigenvalue weighted by Gasteiger charge is 2.13. The Morgan fingerprint density at radius 2 is 2.10 bits per heavy atom. The number of halogens is 1. The number of fused-ring (bicyclic) bond motifs is 1. The van der Waals surface area contributed by atoms with Crippen molar-refractivity contribution in [3.63, 3.8) is 0 Å². The number of nitrogens with zero attached hydrogens (tertiary/aromatic N) is 4. The molecule has 0 saturated heterocycles. The molecule has 4 rings (SSSR count). The Labute approximate surface area is 177 Å². The summed E-state index contributed by atoms with van der Waals surface area (Å²) in [5.74, 6) is -0.180. The lowest BCUT2D eigenvalue weighted by Gasteiger charge is -2.09. The molecule has 0 bridgehead atoms. The van der Waals surface area contributed by atoms with Crippen LogP contribution in [0.1, 0.15) is 16.7 Å². The smallest absolute Gasteiger partial charge is 0.230 e. The first-order chi connectivity index (χ1) is 14.5. The van der Waals surface area contributed by atoms with E-state index in [1.165, 1.54) is 23.9 Å². The molecule has 30 heavy (non-hydrogen) atoms. The predicted octanol–water partition coefficient (Wildman–Crippen LogP) is 3.35. The summed E-state index contributed by atoms with van der Waals surface area (Å²) in [5.41, 5.74) is 4.91. The number of tetrazole rings is 1. The zero-order valence-electron chi connectivity index (χ0n) is 16.6. The molecule has 0 aliphatic rings. The van der Waals surface area contributed by atoms with Gasteiger partial charge in [0.25, 0.3) is 0 Å². The Kier molecular flexibility index (Phi) is 5.80. The van der Waals surface area contributed by atoms with E-state index < -0.39 is 0 Å². The number of aromatic amines is 1. The number of amides is 1. The first-order valence-electron chi connectivity index (χ1n) is 9.52. The number of aryl methyl sites for hydroxylation is 2. The first kappa shape index (κ1) is 20.1. The van der Waals surface area contributed by atoms with Gasteiger partial charge in [0.05, 0.1) is 11.4 Å². The van der Waals surface area contributed by atoms with Crippen LogP contribution >= 0.6 is 11.8 Å². The van der Waals surface area contributed by atoms with E-state index >= 15 is 0 Å². The van der Waals surface area contributed by atoms with Crippen LogP contribution in [-0.2, 0) is 11.2 Å². The molecule has 0 atom stereocenters. The van der Waals surface area contributed by atoms with Crippen LogP contribution < -0.4 is 5.32 Å². The Morgan fingerprint density at radius 3 is 2.97 bits per heavy atom. The lowest BCUT2D eigenvalue weighted by atomic mass is 10.1. The molecule has 0 radical (unpaired) electrons. The molecule has 9 heteroatoms. The number of aromatic nitrogens is 5. The summed E-state index contributed by atoms with van der Waals surface area (Å²) >= 11 is 1.28. The van der Waals surface area contributed by atoms with Crippen LogP contribution in [0, 0.1) is 19.7 Å². The number of H-pyrrole nitrogens is 1. The summed E-state index contributed by atoms with van der Waals surface area (Å²) in [6, 6.07) is 10.7. The van der Waals surface area contributed by atoms with E-state index in [9.17, 15) is 9.18 Å². The van der Waals surface area contributed by atoms with Crippen molar-refractivity contribution in [2.24, 2.45) is 0 Å². The zero-order chi connectivity index (χ0) is 21.1. The summed E-state index contributed by atoms with van der Waals surface area (Å²) in [5, 5.41) is 16.2. The zero-order valence-corrected chi connectivity index (χ0v) is 17.5. The van der Waals surface area contributed by atoms with Gasteiger partial charge in [-0.2, -0.15) is 4.68 Å². The third-order valence-electron chi connectivity index (χ3n) is 4.81. The second-order valence-electron chi connectivity index (χ2n) is 7.06. The van der Waals surface area contributed by atoms with Crippen LogP contribution in [0.5, 0.6) is 0 Å². The number of nitrogens with one attached hydrogen (secondary N) is 2. The molecule has 2 aromatic heterocycles. The van der Waals surface area contributed by atoms with Gasteiger partial charge in [-0.25, -0.2) is 4.39 Å². The Morgan fingerprint density at radius 1 is 1.23 bits per heavy atom. The van der Waals surface area contributed by atoms with Gasteiger partial charge in [0.1, 0.15) is 5.82 Å². The molecule has 0 aliphatic heterocycles. The summed E-state index contributed by atoms with van der Waals surface area (Å²) in [6.45, 7) is 4.47. The third kappa shape index (κ3) is 4.35. The van der Waals surface area contributed by atoms with Crippen LogP contribution in [0.15, 0.2) is 47.8 Å². The standard InChI is InChI=1S/C21H21FN6OS/c1-13-3-4-14(2)19(9-13)28-21(25-26-27-28)30-12-20(29)23-8-7-15-11-24-18-6-5-16(22)10-17(15)18/h3-6,9-11,24H,7-8,12H2,1-2H3,(H,23,29). The SMILES string of the molecule is Cc1ccc(C)c(-n2nnnc2SCC(=O)NCCc2c[nH]c3ccc(F)cc23)c1. The monoisotopic (exact) mass is 424 g/mol. The van der Waals surface area contributed by atoms with Crippen LogP contribution in [0.25, 0.3) is 16.6 Å². The molecule has 4 aromatic rings. The number of carbonyl (C=O) groups excluding carboxylic acids is 1. The number of thioether (sulfide) groups is 1. The highest BCUT2D eigenvalue weighted by Crippen LogP contribution is 2.22. The van der Waals surface area contributed by atoms with E-state index in [2.05, 4.69) is 25.8 Å². The number of carbonyl (C=O) groups is 1. The maximum atomic E-state index is 13.5. The van der Waals surface area contributed by atoms with Gasteiger partial charge < -0.3 is 10.3 Å². The van der Waals surface area contributed by atoms with E-state index in [1.807, 2.05) is 38.2 Å². The molecule has 1 amide bonds. The van der Waals surface area contributed by atoms with Crippen molar-refractivity contribution >= 4 is 28.6 Å². The first-order valence-corrected chi connectivity index (χ1v) is 10.5. The predicted molar refractivity (Wildman–Crippen MR) is 114 cm³/mol. The van der Waals surface area contributed by atoms with Gasteiger partial charge in [0.2, 0.25) is 11.1 Å². The van der Waals surface area contributed by atoms with Gasteiger partial charge in [-0.05, 0) is 71.7 Å². The molecular weight excluding hydrogens is 403 g/mol. The minimum absolute atomic E-state index is 0.110. The van der Waals surface area contributed by atoms with Gasteiger partial charge >= 0.3 is 0 Å². The molecule has 7 nitrogen and oxygen atoms in total. The van der Waals surface area contributed by atoms with Crippen molar-refractivity contribution in [1.82, 2.24) is 30.5 Å². The minimum atomic E-state index is -0.273. The Hall–Kier alpha value is -3.20. The summed E-state index contributed by atoms with van der Waals surface area (Å²) < 4.78 is 15.1. The molecule has 2 heterocycles. The van der Waals surface area contributed by atoms with E-state index in [4.69, 9.17) is 0 Å². The van der Waals surface area contributed by atoms with E-state index in [0.29, 0.717) is 18.1 Å². The van der Waals surface area contributed by atoms with Crippen LogP contribution in [0.4, 0.5) is 4.39 Å². The molecule has 0 unspecified atom stereocenters. The normalized spacial score (nSPS) is 11.2. The van der Waals surface area contributed by atoms with Gasteiger partial charge in [0, 0.05) is 23.6 Å². The lowest BCUT2D eigenvalue weighted by Crippen LogP contribution is -2.27. The van der Waals surface area contributed by atoms with Crippen LogP contribution in [-0.4, -0.2) is 43.4 Å². The van der Waals surface area contributed by atoms with E-state index in [-0.39, 0.29) is 17.5 Å². The van der Waals surface area contributed by atoms with Crippen molar-refractivity contribution in [2.75, 3.05) is 12.3 Å². The largest absolute Gasteiger partial charge is 0.361 e. The molecule has 0 spiro atoms. The topological polar surface area (TPSA) is 88.5 Å². The Bertz CT molecular complexity index is 1200. The van der Waals surface area contributed by atoms with Crippen LogP contribution in [0.3, 0.4) is 0 Å². The van der Waals surface area contributed by atoms with Crippen molar-refractivity contribution in [3.8, 4) is 5.69 Å². The minimum Gasteiger partial charge on any atom is -0.361 e. The van der Waals surface area contributed by atoms with Gasteiger partial charge in [0.15, 0.2) is 0 Å². The fourth-order valence-electron chi connectivity index (χ4n) is 3.24. The molecule has 154 valence electrons. The van der Waals surface area contributed by atoms with Crippen molar-refractivity contribution in [1.29, 1.82) is 0 Å². The highest BCUT2D eigenvalue weighted by atomic mass is 32.2. The molecule has 0 fully saturated rings. The lowest BCUT2D eigenvalue weighted by molar-refractivity contribution is -0.118. The Balaban J connectivity index is 1.33. The van der Waals surface area contributed by atoms with Crippen molar-refractivity contribution in [3.05, 3.63) is 65.1 Å². The van der Waals surface area contributed by atoms with Crippen molar-refractivity contribution in [2.45, 2.75) is 25.4 Å². The summed E-state index contributed by atoms with van der Waals surface area (Å²) in [4.78, 5) is 15.4. The molecule has 0 aliphatic carbocycles. The van der Waals surface area contributed by atoms with Gasteiger partial charge in [-0.3, -0.25) is 4.79 Å². The second kappa shape index (κ2) is 8.66. The number of hydrogen-bond acceptors (Lipinski definition) is 5. The van der Waals surface area contributed by atoms with E-state index in [1.54, 1.807) is 10.7 Å². The third-order valence-corrected chi connectivity index (χ3v) is 5.73. The quantitative estimate of drug-likeness (QED) is 0.444. The summed E-state index contributed by atoms with van der Waals surface area (Å²) in [6.07, 6.45) is 2.46. The van der Waals surface area contributed by atoms with Gasteiger partial charge in [-0.1, -0.05) is 23.9 Å². The number of hydrogen-bond donors (Lipinski definition) is 2. The van der Waals surface area contributed by atoms with E-state index in [0.717, 1.165) is 33.3 Å².